The number of carbonyl (C=O) groups excluding carboxylic acids is 1. The number of hydrogen-bond acceptors (Lipinski definition) is 5. The first kappa shape index (κ1) is 16.8. The van der Waals surface area contributed by atoms with Gasteiger partial charge in [-0.05, 0) is 31.2 Å². The Morgan fingerprint density at radius 1 is 1.22 bits per heavy atom. The van der Waals surface area contributed by atoms with Crippen LogP contribution in [0.5, 0.6) is 5.75 Å². The highest BCUT2D eigenvalue weighted by molar-refractivity contribution is 5.94. The van der Waals surface area contributed by atoms with Crippen LogP contribution in [-0.2, 0) is 4.74 Å². The first-order valence-electron chi connectivity index (χ1n) is 7.46. The van der Waals surface area contributed by atoms with Crippen molar-refractivity contribution in [1.29, 1.82) is 0 Å². The molecule has 0 saturated heterocycles. The molecule has 0 atom stereocenters. The molecule has 1 heterocycles. The normalized spacial score (nSPS) is 10.2. The van der Waals surface area contributed by atoms with E-state index in [0.717, 1.165) is 11.4 Å². The van der Waals surface area contributed by atoms with E-state index >= 15 is 0 Å². The molecule has 0 unspecified atom stereocenters. The van der Waals surface area contributed by atoms with Gasteiger partial charge in [0.25, 0.3) is 5.91 Å². The molecule has 0 bridgehead atoms. The van der Waals surface area contributed by atoms with Crippen molar-refractivity contribution in [2.24, 2.45) is 0 Å². The van der Waals surface area contributed by atoms with Crippen LogP contribution in [0, 0.1) is 0 Å². The number of rotatable bonds is 8. The number of anilines is 2. The van der Waals surface area contributed by atoms with Crippen LogP contribution >= 0.6 is 0 Å². The SMILES string of the molecule is CCOc1ccccc1Nc1ccc(C(=O)NCCOC)cn1. The standard InChI is InChI=1S/C17H21N3O3/c1-3-23-15-7-5-4-6-14(15)20-16-9-8-13(12-19-16)17(21)18-10-11-22-2/h4-9,12H,3,10-11H2,1-2H3,(H,18,21)(H,19,20). The summed E-state index contributed by atoms with van der Waals surface area (Å²) in [5.74, 6) is 1.24. The van der Waals surface area contributed by atoms with Crippen LogP contribution in [0.25, 0.3) is 0 Å². The largest absolute Gasteiger partial charge is 0.492 e. The average molecular weight is 315 g/mol. The van der Waals surface area contributed by atoms with E-state index in [-0.39, 0.29) is 5.91 Å². The van der Waals surface area contributed by atoms with Gasteiger partial charge in [0.2, 0.25) is 0 Å². The Labute approximate surface area is 135 Å². The summed E-state index contributed by atoms with van der Waals surface area (Å²) in [6.07, 6.45) is 1.54. The van der Waals surface area contributed by atoms with Gasteiger partial charge >= 0.3 is 0 Å². The molecule has 0 saturated carbocycles. The molecule has 2 aromatic rings. The van der Waals surface area contributed by atoms with E-state index in [1.54, 1.807) is 19.2 Å². The summed E-state index contributed by atoms with van der Waals surface area (Å²) in [6, 6.07) is 11.1. The fraction of sp³-hybridized carbons (Fsp3) is 0.294. The predicted octanol–water partition coefficient (Wildman–Crippen LogP) is 2.60. The first-order valence-corrected chi connectivity index (χ1v) is 7.46. The van der Waals surface area contributed by atoms with Crippen LogP contribution in [0.1, 0.15) is 17.3 Å². The number of amides is 1. The van der Waals surface area contributed by atoms with Gasteiger partial charge in [-0.3, -0.25) is 4.79 Å². The van der Waals surface area contributed by atoms with Crippen molar-refractivity contribution in [2.45, 2.75) is 6.92 Å². The lowest BCUT2D eigenvalue weighted by molar-refractivity contribution is 0.0937. The third-order valence-electron chi connectivity index (χ3n) is 3.07. The van der Waals surface area contributed by atoms with Gasteiger partial charge in [-0.25, -0.2) is 4.98 Å². The van der Waals surface area contributed by atoms with Gasteiger partial charge in [-0.15, -0.1) is 0 Å². The number of pyridine rings is 1. The molecular weight excluding hydrogens is 294 g/mol. The molecule has 0 fully saturated rings. The molecule has 6 heteroatoms. The van der Waals surface area contributed by atoms with E-state index in [0.29, 0.717) is 31.1 Å². The molecule has 0 aliphatic heterocycles. The Balaban J connectivity index is 2.01. The van der Waals surface area contributed by atoms with Crippen LogP contribution < -0.4 is 15.4 Å². The number of methoxy groups -OCH3 is 1. The number of nitrogens with one attached hydrogen (secondary N) is 2. The number of para-hydroxylation sites is 2. The van der Waals surface area contributed by atoms with E-state index < -0.39 is 0 Å². The Bertz CT molecular complexity index is 629. The van der Waals surface area contributed by atoms with Gasteiger partial charge < -0.3 is 20.1 Å². The van der Waals surface area contributed by atoms with E-state index in [2.05, 4.69) is 15.6 Å². The van der Waals surface area contributed by atoms with Crippen molar-refractivity contribution < 1.29 is 14.3 Å². The number of nitrogens with zero attached hydrogens (tertiary/aromatic N) is 1. The molecule has 23 heavy (non-hydrogen) atoms. The van der Waals surface area contributed by atoms with Gasteiger partial charge in [0, 0.05) is 19.9 Å². The molecule has 0 spiro atoms. The Kier molecular flexibility index (Phi) is 6.38. The number of benzene rings is 1. The second-order valence-electron chi connectivity index (χ2n) is 4.73. The topological polar surface area (TPSA) is 72.5 Å². The fourth-order valence-corrected chi connectivity index (χ4v) is 1.96. The van der Waals surface area contributed by atoms with Crippen molar-refractivity contribution in [3.8, 4) is 5.75 Å². The summed E-state index contributed by atoms with van der Waals surface area (Å²) in [6.45, 7) is 3.48. The van der Waals surface area contributed by atoms with Gasteiger partial charge in [-0.1, -0.05) is 12.1 Å². The predicted molar refractivity (Wildman–Crippen MR) is 89.3 cm³/mol. The van der Waals surface area contributed by atoms with Crippen LogP contribution in [0.3, 0.4) is 0 Å². The Morgan fingerprint density at radius 2 is 2.04 bits per heavy atom. The molecule has 1 aromatic carbocycles. The highest BCUT2D eigenvalue weighted by Gasteiger charge is 2.07. The van der Waals surface area contributed by atoms with E-state index in [1.807, 2.05) is 31.2 Å². The van der Waals surface area contributed by atoms with E-state index in [4.69, 9.17) is 9.47 Å². The zero-order valence-corrected chi connectivity index (χ0v) is 13.3. The maximum absolute atomic E-state index is 11.9. The lowest BCUT2D eigenvalue weighted by atomic mass is 10.2. The highest BCUT2D eigenvalue weighted by atomic mass is 16.5. The summed E-state index contributed by atoms with van der Waals surface area (Å²) < 4.78 is 10.5. The lowest BCUT2D eigenvalue weighted by Crippen LogP contribution is -2.26. The van der Waals surface area contributed by atoms with Gasteiger partial charge in [0.15, 0.2) is 0 Å². The number of hydrogen-bond donors (Lipinski definition) is 2. The smallest absolute Gasteiger partial charge is 0.252 e. The lowest BCUT2D eigenvalue weighted by Gasteiger charge is -2.11. The van der Waals surface area contributed by atoms with Crippen LogP contribution in [0.4, 0.5) is 11.5 Å². The van der Waals surface area contributed by atoms with E-state index in [9.17, 15) is 4.79 Å². The number of ether oxygens (including phenoxy) is 2. The Hall–Kier alpha value is -2.60. The second-order valence-corrected chi connectivity index (χ2v) is 4.73. The monoisotopic (exact) mass is 315 g/mol. The highest BCUT2D eigenvalue weighted by Crippen LogP contribution is 2.26. The average Bonchev–Trinajstić information content (AvgIpc) is 2.58. The molecule has 1 amide bonds. The molecule has 122 valence electrons. The van der Waals surface area contributed by atoms with Crippen molar-refractivity contribution in [3.05, 3.63) is 48.2 Å². The van der Waals surface area contributed by atoms with Crippen LogP contribution in [-0.4, -0.2) is 37.8 Å². The van der Waals surface area contributed by atoms with Gasteiger partial charge in [0.1, 0.15) is 11.6 Å². The summed E-state index contributed by atoms with van der Waals surface area (Å²) in [7, 11) is 1.59. The van der Waals surface area contributed by atoms with Crippen molar-refractivity contribution in [3.63, 3.8) is 0 Å². The molecule has 0 radical (unpaired) electrons. The molecule has 2 rings (SSSR count). The quantitative estimate of drug-likeness (QED) is 0.733. The minimum atomic E-state index is -0.171. The zero-order valence-electron chi connectivity index (χ0n) is 13.3. The van der Waals surface area contributed by atoms with Crippen LogP contribution in [0.15, 0.2) is 42.6 Å². The zero-order chi connectivity index (χ0) is 16.5. The van der Waals surface area contributed by atoms with Crippen LogP contribution in [0.2, 0.25) is 0 Å². The maximum atomic E-state index is 11.9. The molecular formula is C17H21N3O3. The number of carbonyl (C=O) groups is 1. The number of aromatic nitrogens is 1. The maximum Gasteiger partial charge on any atom is 0.252 e. The summed E-state index contributed by atoms with van der Waals surface area (Å²) in [5, 5.41) is 5.94. The molecule has 0 aliphatic carbocycles. The minimum Gasteiger partial charge on any atom is -0.492 e. The van der Waals surface area contributed by atoms with Crippen molar-refractivity contribution >= 4 is 17.4 Å². The van der Waals surface area contributed by atoms with Gasteiger partial charge in [0.05, 0.1) is 24.5 Å². The first-order chi connectivity index (χ1) is 11.2. The van der Waals surface area contributed by atoms with E-state index in [1.165, 1.54) is 6.20 Å². The van der Waals surface area contributed by atoms with Crippen molar-refractivity contribution in [1.82, 2.24) is 10.3 Å². The molecule has 6 nitrogen and oxygen atoms in total. The summed E-state index contributed by atoms with van der Waals surface area (Å²) >= 11 is 0. The van der Waals surface area contributed by atoms with Gasteiger partial charge in [-0.2, -0.15) is 0 Å². The second kappa shape index (κ2) is 8.75. The minimum absolute atomic E-state index is 0.171. The third kappa shape index (κ3) is 4.96. The Morgan fingerprint density at radius 3 is 2.74 bits per heavy atom. The van der Waals surface area contributed by atoms with Crippen molar-refractivity contribution in [2.75, 3.05) is 32.2 Å². The molecule has 1 aromatic heterocycles. The fourth-order valence-electron chi connectivity index (χ4n) is 1.96. The molecule has 0 aliphatic rings. The third-order valence-corrected chi connectivity index (χ3v) is 3.07. The summed E-state index contributed by atoms with van der Waals surface area (Å²) in [4.78, 5) is 16.1. The summed E-state index contributed by atoms with van der Waals surface area (Å²) in [5.41, 5.74) is 1.34. The molecule has 2 N–H and O–H groups in total.